The molecule has 0 saturated carbocycles. The molecule has 0 N–H and O–H groups in total. The molecule has 19 heavy (non-hydrogen) atoms. The van der Waals surface area contributed by atoms with Crippen LogP contribution in [0.15, 0.2) is 34.1 Å². The van der Waals surface area contributed by atoms with Gasteiger partial charge in [0.15, 0.2) is 0 Å². The Labute approximate surface area is 120 Å². The van der Waals surface area contributed by atoms with Crippen molar-refractivity contribution >= 4 is 27.3 Å². The van der Waals surface area contributed by atoms with Gasteiger partial charge in [-0.1, -0.05) is 28.1 Å². The molecule has 0 spiro atoms. The van der Waals surface area contributed by atoms with Gasteiger partial charge in [0.05, 0.1) is 12.3 Å². The van der Waals surface area contributed by atoms with Gasteiger partial charge in [0.25, 0.3) is 0 Å². The average Bonchev–Trinajstić information content (AvgIpc) is 2.77. The summed E-state index contributed by atoms with van der Waals surface area (Å²) < 4.78 is 41.3. The fourth-order valence-electron chi connectivity index (χ4n) is 1.38. The Balaban J connectivity index is 1.97. The molecule has 0 aliphatic rings. The number of alkyl halides is 3. The van der Waals surface area contributed by atoms with Gasteiger partial charge in [-0.3, -0.25) is 0 Å². The Morgan fingerprint density at radius 2 is 1.89 bits per heavy atom. The zero-order valence-electron chi connectivity index (χ0n) is 9.58. The lowest BCUT2D eigenvalue weighted by atomic mass is 10.2. The van der Waals surface area contributed by atoms with Crippen molar-refractivity contribution in [3.8, 4) is 11.3 Å². The maximum atomic E-state index is 11.9. The second kappa shape index (κ2) is 6.02. The largest absolute Gasteiger partial charge is 0.411 e. The quantitative estimate of drug-likeness (QED) is 0.799. The molecule has 0 saturated heterocycles. The number of aromatic nitrogens is 1. The molecule has 2 rings (SSSR count). The molecule has 7 heteroatoms. The van der Waals surface area contributed by atoms with Crippen molar-refractivity contribution in [3.63, 3.8) is 0 Å². The van der Waals surface area contributed by atoms with Crippen molar-refractivity contribution in [1.29, 1.82) is 0 Å². The predicted molar refractivity (Wildman–Crippen MR) is 71.0 cm³/mol. The van der Waals surface area contributed by atoms with E-state index in [0.717, 1.165) is 15.7 Å². The van der Waals surface area contributed by atoms with Gasteiger partial charge < -0.3 is 4.74 Å². The van der Waals surface area contributed by atoms with E-state index >= 15 is 0 Å². The third-order valence-electron chi connectivity index (χ3n) is 2.18. The van der Waals surface area contributed by atoms with E-state index in [2.05, 4.69) is 25.7 Å². The molecular formula is C12H9BrF3NOS. The van der Waals surface area contributed by atoms with Crippen LogP contribution < -0.4 is 0 Å². The van der Waals surface area contributed by atoms with Gasteiger partial charge in [-0.15, -0.1) is 11.3 Å². The van der Waals surface area contributed by atoms with E-state index in [9.17, 15) is 13.2 Å². The number of rotatable bonds is 4. The lowest BCUT2D eigenvalue weighted by molar-refractivity contribution is -0.176. The van der Waals surface area contributed by atoms with Crippen LogP contribution in [-0.4, -0.2) is 17.8 Å². The Morgan fingerprint density at radius 1 is 1.21 bits per heavy atom. The van der Waals surface area contributed by atoms with E-state index in [4.69, 9.17) is 0 Å². The molecule has 1 aromatic carbocycles. The third-order valence-corrected chi connectivity index (χ3v) is 3.53. The number of halogens is 4. The Bertz CT molecular complexity index is 539. The van der Waals surface area contributed by atoms with Gasteiger partial charge in [-0.25, -0.2) is 4.98 Å². The SMILES string of the molecule is FC(F)(F)COCc1nc(-c2ccc(Br)cc2)cs1. The number of nitrogens with zero attached hydrogens (tertiary/aromatic N) is 1. The number of ether oxygens (including phenoxy) is 1. The molecule has 0 aliphatic carbocycles. The van der Waals surface area contributed by atoms with Crippen LogP contribution in [0.25, 0.3) is 11.3 Å². The second-order valence-corrected chi connectivity index (χ2v) is 5.60. The number of benzene rings is 1. The summed E-state index contributed by atoms with van der Waals surface area (Å²) in [5.41, 5.74) is 1.66. The van der Waals surface area contributed by atoms with Crippen LogP contribution in [0.2, 0.25) is 0 Å². The third kappa shape index (κ3) is 4.59. The molecule has 0 amide bonds. The summed E-state index contributed by atoms with van der Waals surface area (Å²) in [6, 6.07) is 7.54. The Kier molecular flexibility index (Phi) is 4.59. The highest BCUT2D eigenvalue weighted by Gasteiger charge is 2.27. The van der Waals surface area contributed by atoms with Gasteiger partial charge in [0.2, 0.25) is 0 Å². The molecule has 0 unspecified atom stereocenters. The van der Waals surface area contributed by atoms with Gasteiger partial charge >= 0.3 is 6.18 Å². The topological polar surface area (TPSA) is 22.1 Å². The van der Waals surface area contributed by atoms with Crippen LogP contribution in [-0.2, 0) is 11.3 Å². The Hall–Kier alpha value is -0.920. The maximum Gasteiger partial charge on any atom is 0.411 e. The summed E-state index contributed by atoms with van der Waals surface area (Å²) >= 11 is 4.62. The van der Waals surface area contributed by atoms with E-state index in [-0.39, 0.29) is 6.61 Å². The minimum Gasteiger partial charge on any atom is -0.365 e. The molecule has 102 valence electrons. The molecule has 1 heterocycles. The fraction of sp³-hybridized carbons (Fsp3) is 0.250. The van der Waals surface area contributed by atoms with Crippen LogP contribution >= 0.6 is 27.3 Å². The summed E-state index contributed by atoms with van der Waals surface area (Å²) in [5, 5.41) is 2.33. The van der Waals surface area contributed by atoms with Crippen LogP contribution in [0.3, 0.4) is 0 Å². The second-order valence-electron chi connectivity index (χ2n) is 3.74. The minimum atomic E-state index is -4.30. The number of hydrogen-bond donors (Lipinski definition) is 0. The lowest BCUT2D eigenvalue weighted by Crippen LogP contribution is -2.16. The monoisotopic (exact) mass is 351 g/mol. The van der Waals surface area contributed by atoms with Crippen molar-refractivity contribution in [3.05, 3.63) is 39.1 Å². The summed E-state index contributed by atoms with van der Waals surface area (Å²) in [4.78, 5) is 4.24. The zero-order valence-corrected chi connectivity index (χ0v) is 12.0. The summed E-state index contributed by atoms with van der Waals surface area (Å²) in [6.45, 7) is -1.37. The first-order chi connectivity index (χ1) is 8.94. The molecule has 0 radical (unpaired) electrons. The number of thiazole rings is 1. The molecule has 2 aromatic rings. The van der Waals surface area contributed by atoms with Crippen molar-refractivity contribution in [1.82, 2.24) is 4.98 Å². The average molecular weight is 352 g/mol. The first kappa shape index (κ1) is 14.5. The Morgan fingerprint density at radius 3 is 2.53 bits per heavy atom. The molecule has 0 bridgehead atoms. The van der Waals surface area contributed by atoms with E-state index < -0.39 is 12.8 Å². The van der Waals surface area contributed by atoms with Crippen LogP contribution in [0.4, 0.5) is 13.2 Å². The molecule has 0 atom stereocenters. The minimum absolute atomic E-state index is 0.124. The highest BCUT2D eigenvalue weighted by atomic mass is 79.9. The van der Waals surface area contributed by atoms with E-state index in [1.165, 1.54) is 11.3 Å². The predicted octanol–water partition coefficient (Wildman–Crippen LogP) is 4.65. The standard InChI is InChI=1S/C12H9BrF3NOS/c13-9-3-1-8(2-4-9)10-6-19-11(17-10)5-18-7-12(14,15)16/h1-4,6H,5,7H2. The zero-order chi connectivity index (χ0) is 13.9. The molecule has 0 aliphatic heterocycles. The van der Waals surface area contributed by atoms with Gasteiger partial charge in [0, 0.05) is 15.4 Å². The summed E-state index contributed by atoms with van der Waals surface area (Å²) in [5.74, 6) is 0. The normalized spacial score (nSPS) is 11.8. The summed E-state index contributed by atoms with van der Waals surface area (Å²) in [7, 11) is 0. The molecular weight excluding hydrogens is 343 g/mol. The van der Waals surface area contributed by atoms with Crippen molar-refractivity contribution in [2.45, 2.75) is 12.8 Å². The van der Waals surface area contributed by atoms with Gasteiger partial charge in [0.1, 0.15) is 11.6 Å². The van der Waals surface area contributed by atoms with Crippen LogP contribution in [0.1, 0.15) is 5.01 Å². The van der Waals surface area contributed by atoms with E-state index in [1.807, 2.05) is 24.3 Å². The van der Waals surface area contributed by atoms with E-state index in [1.54, 1.807) is 5.38 Å². The highest BCUT2D eigenvalue weighted by Crippen LogP contribution is 2.24. The lowest BCUT2D eigenvalue weighted by Gasteiger charge is -2.05. The first-order valence-corrected chi connectivity index (χ1v) is 6.96. The number of hydrogen-bond acceptors (Lipinski definition) is 3. The van der Waals surface area contributed by atoms with Crippen molar-refractivity contribution in [2.75, 3.05) is 6.61 Å². The van der Waals surface area contributed by atoms with Crippen molar-refractivity contribution in [2.24, 2.45) is 0 Å². The smallest absolute Gasteiger partial charge is 0.365 e. The molecule has 0 fully saturated rings. The fourth-order valence-corrected chi connectivity index (χ4v) is 2.39. The molecule has 2 nitrogen and oxygen atoms in total. The highest BCUT2D eigenvalue weighted by molar-refractivity contribution is 9.10. The van der Waals surface area contributed by atoms with Gasteiger partial charge in [-0.05, 0) is 12.1 Å². The van der Waals surface area contributed by atoms with Crippen molar-refractivity contribution < 1.29 is 17.9 Å². The van der Waals surface area contributed by atoms with E-state index in [0.29, 0.717) is 5.01 Å². The first-order valence-electron chi connectivity index (χ1n) is 5.29. The van der Waals surface area contributed by atoms with Crippen LogP contribution in [0, 0.1) is 0 Å². The van der Waals surface area contributed by atoms with Crippen LogP contribution in [0.5, 0.6) is 0 Å². The van der Waals surface area contributed by atoms with Gasteiger partial charge in [-0.2, -0.15) is 13.2 Å². The summed E-state index contributed by atoms with van der Waals surface area (Å²) in [6.07, 6.45) is -4.30. The molecule has 1 aromatic heterocycles. The maximum absolute atomic E-state index is 11.9.